The second-order valence-electron chi connectivity index (χ2n) is 10.7. The molecule has 0 amide bonds. The fourth-order valence-electron chi connectivity index (χ4n) is 5.36. The van der Waals surface area contributed by atoms with E-state index in [2.05, 4.69) is 62.5 Å². The average Bonchev–Trinajstić information content (AvgIpc) is 3.15. The van der Waals surface area contributed by atoms with E-state index in [1.165, 1.54) is 0 Å². The van der Waals surface area contributed by atoms with Gasteiger partial charge in [0, 0.05) is 50.0 Å². The molecule has 2 aliphatic heterocycles. The number of nitrogens with zero attached hydrogens (tertiary/aromatic N) is 7. The number of anilines is 3. The summed E-state index contributed by atoms with van der Waals surface area (Å²) in [6.07, 6.45) is 2.70. The molecule has 10 heteroatoms. The van der Waals surface area contributed by atoms with Crippen molar-refractivity contribution in [2.24, 2.45) is 5.92 Å². The number of nitrogens with two attached hydrogens (primary N) is 1. The highest BCUT2D eigenvalue weighted by Crippen LogP contribution is 2.32. The lowest BCUT2D eigenvalue weighted by atomic mass is 10.0. The minimum absolute atomic E-state index is 0.163. The molecule has 40 heavy (non-hydrogen) atoms. The summed E-state index contributed by atoms with van der Waals surface area (Å²) in [7, 11) is 0. The minimum Gasteiger partial charge on any atom is -0.507 e. The number of hydrogen-bond acceptors (Lipinski definition) is 10. The number of para-hydroxylation sites is 1. The monoisotopic (exact) mass is 542 g/mol. The molecule has 1 aromatic carbocycles. The number of benzene rings is 1. The third kappa shape index (κ3) is 6.27. The van der Waals surface area contributed by atoms with Crippen LogP contribution in [0, 0.1) is 17.8 Å². The van der Waals surface area contributed by atoms with Crippen LogP contribution in [0.15, 0.2) is 42.6 Å². The lowest BCUT2D eigenvalue weighted by Crippen LogP contribution is -2.48. The van der Waals surface area contributed by atoms with Gasteiger partial charge in [0.1, 0.15) is 11.6 Å². The van der Waals surface area contributed by atoms with E-state index in [9.17, 15) is 5.11 Å². The average molecular weight is 543 g/mol. The number of rotatable bonds is 5. The van der Waals surface area contributed by atoms with Crippen molar-refractivity contribution in [1.29, 1.82) is 0 Å². The summed E-state index contributed by atoms with van der Waals surface area (Å²) in [6, 6.07) is 11.6. The Kier molecular flexibility index (Phi) is 8.63. The Labute approximate surface area is 236 Å². The van der Waals surface area contributed by atoms with E-state index in [1.807, 2.05) is 24.3 Å². The van der Waals surface area contributed by atoms with Crippen LogP contribution in [0.4, 0.5) is 17.3 Å². The molecule has 2 atom stereocenters. The van der Waals surface area contributed by atoms with Crippen molar-refractivity contribution in [2.45, 2.75) is 39.3 Å². The quantitative estimate of drug-likeness (QED) is 0.466. The van der Waals surface area contributed by atoms with Crippen LogP contribution < -0.4 is 15.5 Å². The van der Waals surface area contributed by atoms with E-state index >= 15 is 0 Å². The third-order valence-corrected chi connectivity index (χ3v) is 7.75. The van der Waals surface area contributed by atoms with Crippen molar-refractivity contribution in [3.63, 3.8) is 0 Å². The van der Waals surface area contributed by atoms with Crippen molar-refractivity contribution in [3.8, 4) is 28.8 Å². The van der Waals surface area contributed by atoms with Crippen molar-refractivity contribution in [2.75, 3.05) is 61.5 Å². The first-order valence-corrected chi connectivity index (χ1v) is 14.0. The van der Waals surface area contributed by atoms with Crippen LogP contribution in [0.25, 0.3) is 11.3 Å². The molecule has 5 rings (SSSR count). The van der Waals surface area contributed by atoms with Crippen LogP contribution in [-0.2, 0) is 4.74 Å². The highest BCUT2D eigenvalue weighted by Gasteiger charge is 2.26. The summed E-state index contributed by atoms with van der Waals surface area (Å²) in [4.78, 5) is 16.2. The van der Waals surface area contributed by atoms with Gasteiger partial charge in [-0.15, -0.1) is 10.2 Å². The van der Waals surface area contributed by atoms with E-state index in [4.69, 9.17) is 15.5 Å². The topological polar surface area (TPSA) is 117 Å². The first-order valence-electron chi connectivity index (χ1n) is 14.0. The molecule has 10 nitrogen and oxygen atoms in total. The van der Waals surface area contributed by atoms with Gasteiger partial charge in [0.05, 0.1) is 31.1 Å². The molecular formula is C30H38N8O2. The molecule has 0 spiro atoms. The van der Waals surface area contributed by atoms with Gasteiger partial charge < -0.3 is 25.4 Å². The molecule has 0 unspecified atom stereocenters. The molecule has 4 heterocycles. The molecule has 0 radical (unpaired) electrons. The number of morpholine rings is 1. The maximum atomic E-state index is 10.3. The van der Waals surface area contributed by atoms with Crippen LogP contribution in [0.2, 0.25) is 0 Å². The number of nitrogen functional groups attached to an aromatic ring is 1. The Morgan fingerprint density at radius 2 is 1.98 bits per heavy atom. The SMILES string of the molecule is CC(C)[C@H]1COCCN1CC#Cc1nccc(N2CCN(c3cc(-c4ccccc4O)nnc3N)CC[C@H]2C)n1. The number of phenols is 1. The normalized spacial score (nSPS) is 20.2. The zero-order valence-electron chi connectivity index (χ0n) is 23.5. The molecule has 2 aromatic heterocycles. The molecular weight excluding hydrogens is 504 g/mol. The lowest BCUT2D eigenvalue weighted by molar-refractivity contribution is -0.0176. The number of hydrogen-bond donors (Lipinski definition) is 2. The first-order chi connectivity index (χ1) is 19.4. The molecule has 2 aliphatic rings. The van der Waals surface area contributed by atoms with E-state index < -0.39 is 0 Å². The Morgan fingerprint density at radius 3 is 2.80 bits per heavy atom. The second kappa shape index (κ2) is 12.5. The van der Waals surface area contributed by atoms with Gasteiger partial charge in [-0.1, -0.05) is 31.9 Å². The van der Waals surface area contributed by atoms with Gasteiger partial charge in [-0.25, -0.2) is 9.97 Å². The van der Waals surface area contributed by atoms with E-state index in [-0.39, 0.29) is 11.8 Å². The molecule has 210 valence electrons. The predicted molar refractivity (Wildman–Crippen MR) is 157 cm³/mol. The second-order valence-corrected chi connectivity index (χ2v) is 10.7. The fraction of sp³-hybridized carbons (Fsp3) is 0.467. The molecule has 2 saturated heterocycles. The fourth-order valence-corrected chi connectivity index (χ4v) is 5.36. The van der Waals surface area contributed by atoms with Crippen LogP contribution >= 0.6 is 0 Å². The Bertz CT molecular complexity index is 1370. The van der Waals surface area contributed by atoms with Gasteiger partial charge in [0.25, 0.3) is 0 Å². The van der Waals surface area contributed by atoms with Gasteiger partial charge in [0.15, 0.2) is 5.82 Å². The van der Waals surface area contributed by atoms with E-state index in [1.54, 1.807) is 18.3 Å². The third-order valence-electron chi connectivity index (χ3n) is 7.75. The molecule has 3 N–H and O–H groups in total. The van der Waals surface area contributed by atoms with Gasteiger partial charge in [-0.05, 0) is 49.4 Å². The molecule has 0 bridgehead atoms. The van der Waals surface area contributed by atoms with Crippen LogP contribution in [0.5, 0.6) is 5.75 Å². The zero-order chi connectivity index (χ0) is 28.1. The zero-order valence-corrected chi connectivity index (χ0v) is 23.5. The smallest absolute Gasteiger partial charge is 0.206 e. The molecule has 3 aromatic rings. The van der Waals surface area contributed by atoms with Crippen LogP contribution in [0.1, 0.15) is 33.0 Å². The highest BCUT2D eigenvalue weighted by molar-refractivity contribution is 5.74. The summed E-state index contributed by atoms with van der Waals surface area (Å²) < 4.78 is 5.67. The number of aromatic nitrogens is 4. The summed E-state index contributed by atoms with van der Waals surface area (Å²) in [5.74, 6) is 8.94. The number of aromatic hydroxyl groups is 1. The lowest BCUT2D eigenvalue weighted by Gasteiger charge is -2.36. The summed E-state index contributed by atoms with van der Waals surface area (Å²) in [5, 5.41) is 18.7. The summed E-state index contributed by atoms with van der Waals surface area (Å²) >= 11 is 0. The molecule has 0 aliphatic carbocycles. The first kappa shape index (κ1) is 27.6. The predicted octanol–water partition coefficient (Wildman–Crippen LogP) is 3.03. The number of ether oxygens (including phenoxy) is 1. The van der Waals surface area contributed by atoms with Gasteiger partial charge >= 0.3 is 0 Å². The number of phenolic OH excluding ortho intramolecular Hbond substituents is 1. The maximum Gasteiger partial charge on any atom is 0.206 e. The van der Waals surface area contributed by atoms with Gasteiger partial charge in [-0.3, -0.25) is 4.90 Å². The Morgan fingerprint density at radius 1 is 1.12 bits per heavy atom. The van der Waals surface area contributed by atoms with Crippen molar-refractivity contribution in [3.05, 3.63) is 48.4 Å². The van der Waals surface area contributed by atoms with E-state index in [0.29, 0.717) is 41.4 Å². The van der Waals surface area contributed by atoms with Crippen molar-refractivity contribution >= 4 is 17.3 Å². The maximum absolute atomic E-state index is 10.3. The van der Waals surface area contributed by atoms with Crippen LogP contribution in [-0.4, -0.2) is 88.2 Å². The standard InChI is InChI=1S/C30H38N8O2/c1-21(2)26-20-40-18-17-36(26)13-6-9-28-32-12-10-29(33-28)38-16-15-37(14-11-22(38)3)25-19-24(34-35-30(25)31)23-7-4-5-8-27(23)39/h4-5,7-8,10,12,19,21-22,26,39H,11,13-18,20H2,1-3H3,(H2,31,35)/t22-,26-/m1/s1. The minimum atomic E-state index is 0.163. The van der Waals surface area contributed by atoms with Gasteiger partial charge in [-0.2, -0.15) is 0 Å². The summed E-state index contributed by atoms with van der Waals surface area (Å²) in [5.41, 5.74) is 8.31. The van der Waals surface area contributed by atoms with Gasteiger partial charge in [0.2, 0.25) is 5.82 Å². The van der Waals surface area contributed by atoms with E-state index in [0.717, 1.165) is 57.3 Å². The molecule has 0 saturated carbocycles. The Hall–Kier alpha value is -3.94. The van der Waals surface area contributed by atoms with Crippen molar-refractivity contribution < 1.29 is 9.84 Å². The Balaban J connectivity index is 1.29. The summed E-state index contributed by atoms with van der Waals surface area (Å²) in [6.45, 7) is 12.0. The van der Waals surface area contributed by atoms with Crippen LogP contribution in [0.3, 0.4) is 0 Å². The van der Waals surface area contributed by atoms with Crippen molar-refractivity contribution in [1.82, 2.24) is 25.1 Å². The largest absolute Gasteiger partial charge is 0.507 e. The molecule has 2 fully saturated rings. The highest BCUT2D eigenvalue weighted by atomic mass is 16.5.